The van der Waals surface area contributed by atoms with Crippen molar-refractivity contribution in [1.82, 2.24) is 5.32 Å². The fourth-order valence-electron chi connectivity index (χ4n) is 3.06. The number of benzene rings is 1. The molecule has 6 N–H and O–H groups in total. The van der Waals surface area contributed by atoms with Crippen molar-refractivity contribution in [3.05, 3.63) is 65.4 Å². The smallest absolute Gasteiger partial charge is 0.282 e. The lowest BCUT2D eigenvalue weighted by Crippen LogP contribution is -2.57. The third-order valence-electron chi connectivity index (χ3n) is 4.72. The number of piperidine rings is 1. The van der Waals surface area contributed by atoms with Crippen LogP contribution in [0.15, 0.2) is 59.8 Å². The van der Waals surface area contributed by atoms with Gasteiger partial charge in [-0.05, 0) is 23.8 Å². The minimum Gasteiger partial charge on any atom is -0.378 e. The topological polar surface area (TPSA) is 111 Å². The van der Waals surface area contributed by atoms with Crippen molar-refractivity contribution in [1.29, 1.82) is 5.41 Å². The maximum Gasteiger partial charge on any atom is 0.282 e. The predicted octanol–water partition coefficient (Wildman–Crippen LogP) is 1.80. The monoisotopic (exact) mass is 374 g/mol. The van der Waals surface area contributed by atoms with Crippen LogP contribution in [0, 0.1) is 5.41 Å². The van der Waals surface area contributed by atoms with Gasteiger partial charge in [-0.25, -0.2) is 8.78 Å². The number of carbonyl (C=O) groups is 1. The number of aliphatic hydroxyl groups is 1. The van der Waals surface area contributed by atoms with Crippen molar-refractivity contribution >= 4 is 17.3 Å². The van der Waals surface area contributed by atoms with Gasteiger partial charge in [0.25, 0.3) is 11.8 Å². The summed E-state index contributed by atoms with van der Waals surface area (Å²) in [6.45, 7) is -0.0647. The van der Waals surface area contributed by atoms with Gasteiger partial charge in [0, 0.05) is 37.0 Å². The fourth-order valence-corrected chi connectivity index (χ4v) is 3.06. The van der Waals surface area contributed by atoms with E-state index in [1.807, 2.05) is 0 Å². The molecule has 0 radical (unpaired) electrons. The summed E-state index contributed by atoms with van der Waals surface area (Å²) < 4.78 is 28.4. The van der Waals surface area contributed by atoms with Crippen LogP contribution in [-0.2, 0) is 10.4 Å². The molecule has 1 fully saturated rings. The first-order valence-corrected chi connectivity index (χ1v) is 8.40. The average molecular weight is 374 g/mol. The molecule has 1 aliphatic carbocycles. The van der Waals surface area contributed by atoms with E-state index < -0.39 is 23.9 Å². The number of amides is 1. The SMILES string of the molecule is N=C1C(C(N)=O)=CC=C/C1=C/Nc1ccc(C2(O)CNCCC2(F)F)cc1. The van der Waals surface area contributed by atoms with E-state index in [0.29, 0.717) is 11.3 Å². The normalized spacial score (nSPS) is 26.0. The maximum absolute atomic E-state index is 14.2. The zero-order valence-electron chi connectivity index (χ0n) is 14.4. The lowest BCUT2D eigenvalue weighted by Gasteiger charge is -2.40. The zero-order chi connectivity index (χ0) is 19.7. The van der Waals surface area contributed by atoms with Crippen molar-refractivity contribution in [2.75, 3.05) is 18.4 Å². The summed E-state index contributed by atoms with van der Waals surface area (Å²) in [5, 5.41) is 24.2. The summed E-state index contributed by atoms with van der Waals surface area (Å²) >= 11 is 0. The number of anilines is 1. The van der Waals surface area contributed by atoms with Crippen LogP contribution in [0.3, 0.4) is 0 Å². The number of nitrogens with one attached hydrogen (secondary N) is 3. The van der Waals surface area contributed by atoms with Crippen LogP contribution < -0.4 is 16.4 Å². The first kappa shape index (κ1) is 18.9. The Morgan fingerprint density at radius 3 is 2.67 bits per heavy atom. The third kappa shape index (κ3) is 3.54. The summed E-state index contributed by atoms with van der Waals surface area (Å²) in [4.78, 5) is 11.3. The molecule has 1 amide bonds. The molecular formula is C19H20F2N4O2. The number of carbonyl (C=O) groups excluding carboxylic acids is 1. The van der Waals surface area contributed by atoms with Gasteiger partial charge in [-0.15, -0.1) is 0 Å². The average Bonchev–Trinajstić information content (AvgIpc) is 2.63. The van der Waals surface area contributed by atoms with Crippen LogP contribution in [0.25, 0.3) is 0 Å². The van der Waals surface area contributed by atoms with E-state index in [2.05, 4.69) is 10.6 Å². The van der Waals surface area contributed by atoms with Gasteiger partial charge in [0.1, 0.15) is 0 Å². The molecule has 1 heterocycles. The highest BCUT2D eigenvalue weighted by Gasteiger charge is 2.55. The molecule has 1 saturated heterocycles. The largest absolute Gasteiger partial charge is 0.378 e. The van der Waals surface area contributed by atoms with Gasteiger partial charge < -0.3 is 21.5 Å². The molecule has 1 aliphatic heterocycles. The van der Waals surface area contributed by atoms with Crippen LogP contribution in [0.4, 0.5) is 14.5 Å². The quantitative estimate of drug-likeness (QED) is 0.553. The van der Waals surface area contributed by atoms with Crippen molar-refractivity contribution in [3.8, 4) is 0 Å². The number of primary amides is 1. The Morgan fingerprint density at radius 2 is 2.04 bits per heavy atom. The Hall–Kier alpha value is -2.84. The highest BCUT2D eigenvalue weighted by Crippen LogP contribution is 2.41. The molecule has 2 aliphatic rings. The highest BCUT2D eigenvalue weighted by molar-refractivity contribution is 6.28. The number of nitrogens with two attached hydrogens (primary N) is 1. The molecule has 1 aromatic carbocycles. The van der Waals surface area contributed by atoms with Gasteiger partial charge in [0.15, 0.2) is 5.60 Å². The van der Waals surface area contributed by atoms with Crippen LogP contribution in [0.1, 0.15) is 12.0 Å². The summed E-state index contributed by atoms with van der Waals surface area (Å²) in [6, 6.07) is 6.02. The summed E-state index contributed by atoms with van der Waals surface area (Å²) in [6.07, 6.45) is 5.82. The Labute approximate surface area is 155 Å². The van der Waals surface area contributed by atoms with E-state index in [1.54, 1.807) is 24.3 Å². The first-order valence-electron chi connectivity index (χ1n) is 8.40. The van der Waals surface area contributed by atoms with Crippen LogP contribution in [0.2, 0.25) is 0 Å². The Kier molecular flexibility index (Phi) is 4.95. The Balaban J connectivity index is 1.75. The molecular weight excluding hydrogens is 354 g/mol. The van der Waals surface area contributed by atoms with Crippen molar-refractivity contribution in [3.63, 3.8) is 0 Å². The van der Waals surface area contributed by atoms with Crippen LogP contribution >= 0.6 is 0 Å². The number of rotatable bonds is 4. The molecule has 6 nitrogen and oxygen atoms in total. The number of β-amino-alcohol motifs (C(OH)–C–C–N with tert-alkyl or cyclic N) is 1. The van der Waals surface area contributed by atoms with Gasteiger partial charge in [0.2, 0.25) is 0 Å². The molecule has 1 atom stereocenters. The predicted molar refractivity (Wildman–Crippen MR) is 98.6 cm³/mol. The third-order valence-corrected chi connectivity index (χ3v) is 4.72. The van der Waals surface area contributed by atoms with E-state index in [4.69, 9.17) is 11.1 Å². The summed E-state index contributed by atoms with van der Waals surface area (Å²) in [5.41, 5.74) is 4.24. The van der Waals surface area contributed by atoms with E-state index in [9.17, 15) is 18.7 Å². The molecule has 142 valence electrons. The number of allylic oxidation sites excluding steroid dienone is 4. The fraction of sp³-hybridized carbons (Fsp3) is 0.263. The second-order valence-electron chi connectivity index (χ2n) is 6.49. The van der Waals surface area contributed by atoms with Crippen molar-refractivity contribution in [2.24, 2.45) is 5.73 Å². The minimum absolute atomic E-state index is 0.00338. The molecule has 0 bridgehead atoms. The molecule has 1 aromatic rings. The second-order valence-corrected chi connectivity index (χ2v) is 6.49. The number of halogens is 2. The Bertz CT molecular complexity index is 859. The molecule has 0 saturated carbocycles. The van der Waals surface area contributed by atoms with E-state index in [0.717, 1.165) is 0 Å². The van der Waals surface area contributed by atoms with Crippen LogP contribution in [0.5, 0.6) is 0 Å². The molecule has 8 heteroatoms. The lowest BCUT2D eigenvalue weighted by atomic mass is 9.83. The molecule has 3 rings (SSSR count). The lowest BCUT2D eigenvalue weighted by molar-refractivity contribution is -0.200. The number of hydrogen-bond acceptors (Lipinski definition) is 5. The number of hydrogen-bond donors (Lipinski definition) is 5. The van der Waals surface area contributed by atoms with Gasteiger partial charge in [-0.3, -0.25) is 10.2 Å². The maximum atomic E-state index is 14.2. The molecule has 1 unspecified atom stereocenters. The first-order chi connectivity index (χ1) is 12.7. The van der Waals surface area contributed by atoms with Crippen molar-refractivity contribution in [2.45, 2.75) is 17.9 Å². The van der Waals surface area contributed by atoms with Crippen molar-refractivity contribution < 1.29 is 18.7 Å². The van der Waals surface area contributed by atoms with Gasteiger partial charge in [0.05, 0.1) is 11.3 Å². The Morgan fingerprint density at radius 1 is 1.33 bits per heavy atom. The summed E-state index contributed by atoms with van der Waals surface area (Å²) in [5.74, 6) is -3.90. The number of alkyl halides is 2. The summed E-state index contributed by atoms with van der Waals surface area (Å²) in [7, 11) is 0. The highest BCUT2D eigenvalue weighted by atomic mass is 19.3. The standard InChI is InChI=1S/C19H20F2N4O2/c20-19(21)8-9-24-11-18(19,27)13-4-6-14(7-5-13)25-10-12-2-1-3-15(16(12)22)17(23)26/h1-7,10,22,24-25,27H,8-9,11H2,(H2,23,26)/b12-10-,22-16?. The minimum atomic E-state index is -3.21. The van der Waals surface area contributed by atoms with E-state index >= 15 is 0 Å². The van der Waals surface area contributed by atoms with E-state index in [-0.39, 0.29) is 29.9 Å². The van der Waals surface area contributed by atoms with E-state index in [1.165, 1.54) is 24.4 Å². The zero-order valence-corrected chi connectivity index (χ0v) is 14.4. The molecule has 0 aromatic heterocycles. The van der Waals surface area contributed by atoms with Crippen LogP contribution in [-0.4, -0.2) is 35.7 Å². The second kappa shape index (κ2) is 7.05. The van der Waals surface area contributed by atoms with Gasteiger partial charge >= 0.3 is 0 Å². The van der Waals surface area contributed by atoms with Gasteiger partial charge in [-0.2, -0.15) is 0 Å². The van der Waals surface area contributed by atoms with Gasteiger partial charge in [-0.1, -0.05) is 24.3 Å². The molecule has 0 spiro atoms. The molecule has 27 heavy (non-hydrogen) atoms.